The summed E-state index contributed by atoms with van der Waals surface area (Å²) >= 11 is 0. The van der Waals surface area contributed by atoms with Crippen molar-refractivity contribution in [2.24, 2.45) is 0 Å². The fourth-order valence-corrected chi connectivity index (χ4v) is 1.36. The van der Waals surface area contributed by atoms with Crippen LogP contribution >= 0.6 is 0 Å². The Hall–Kier alpha value is -1.86. The van der Waals surface area contributed by atoms with Gasteiger partial charge in [0.2, 0.25) is 0 Å². The Morgan fingerprint density at radius 3 is 2.15 bits per heavy atom. The smallest absolute Gasteiger partial charge is 0.388 e. The second-order valence-electron chi connectivity index (χ2n) is 3.71. The number of rotatable bonds is 3. The molecule has 0 aliphatic heterocycles. The van der Waals surface area contributed by atoms with Crippen LogP contribution in [-0.2, 0) is 0 Å². The van der Waals surface area contributed by atoms with Crippen LogP contribution in [0.2, 0.25) is 0 Å². The van der Waals surface area contributed by atoms with E-state index in [9.17, 15) is 31.4 Å². The Balaban J connectivity index is 3.20. The molecule has 0 fully saturated rings. The summed E-state index contributed by atoms with van der Waals surface area (Å²) in [4.78, 5) is 2.59. The van der Waals surface area contributed by atoms with Gasteiger partial charge in [-0.25, -0.2) is 13.8 Å². The molecule has 0 saturated carbocycles. The predicted octanol–water partition coefficient (Wildman–Crippen LogP) is 1.72. The van der Waals surface area contributed by atoms with Crippen molar-refractivity contribution in [3.63, 3.8) is 0 Å². The average molecular weight is 300 g/mol. The van der Waals surface area contributed by atoms with Crippen LogP contribution in [-0.4, -0.2) is 27.5 Å². The number of hydrogen-bond acceptors (Lipinski definition) is 4. The topological polar surface area (TPSA) is 77.1 Å². The van der Waals surface area contributed by atoms with Crippen LogP contribution in [0.4, 0.5) is 26.3 Å². The number of nitrogens with zero attached hydrogens (tertiary/aromatic N) is 2. The maximum absolute atomic E-state index is 13.5. The lowest BCUT2D eigenvalue weighted by Crippen LogP contribution is -2.30. The lowest BCUT2D eigenvalue weighted by Gasteiger charge is -2.19. The predicted molar refractivity (Wildman–Crippen MR) is 50.5 cm³/mol. The van der Waals surface area contributed by atoms with E-state index in [1.807, 2.05) is 0 Å². The molecule has 0 aromatic carbocycles. The van der Waals surface area contributed by atoms with Gasteiger partial charge in [-0.1, -0.05) is 0 Å². The largest absolute Gasteiger partial charge is 0.414 e. The minimum Gasteiger partial charge on any atom is -0.388 e. The maximum atomic E-state index is 13.5. The van der Waals surface area contributed by atoms with Gasteiger partial charge in [-0.15, -0.1) is 0 Å². The van der Waals surface area contributed by atoms with Gasteiger partial charge in [-0.2, -0.15) is 22.8 Å². The Morgan fingerprint density at radius 1 is 1.15 bits per heavy atom. The molecule has 0 radical (unpaired) electrons. The Kier molecular flexibility index (Phi) is 4.57. The molecule has 2 N–H and O–H groups in total. The molecule has 110 valence electrons. The zero-order chi connectivity index (χ0) is 15.7. The molecule has 1 rings (SSSR count). The normalized spacial score (nSPS) is 14.8. The number of pyridine rings is 1. The molecule has 20 heavy (non-hydrogen) atoms. The molecule has 4 nitrogen and oxygen atoms in total. The molecule has 1 heterocycles. The molecule has 1 aromatic heterocycles. The van der Waals surface area contributed by atoms with Crippen molar-refractivity contribution in [3.8, 4) is 6.07 Å². The van der Waals surface area contributed by atoms with E-state index in [-0.39, 0.29) is 0 Å². The first kappa shape index (κ1) is 16.2. The number of halogens is 6. The fraction of sp³-hybridized carbons (Fsp3) is 0.400. The van der Waals surface area contributed by atoms with Gasteiger partial charge in [0.25, 0.3) is 5.95 Å². The first-order valence-corrected chi connectivity index (χ1v) is 4.96. The SMILES string of the molecule is N#Cc1nc(F)c(F)c(C(O)CC(O)C(F)(F)F)c1F. The van der Waals surface area contributed by atoms with Crippen molar-refractivity contribution in [1.82, 2.24) is 4.98 Å². The highest BCUT2D eigenvalue weighted by Crippen LogP contribution is 2.31. The van der Waals surface area contributed by atoms with Crippen LogP contribution in [0.25, 0.3) is 0 Å². The van der Waals surface area contributed by atoms with Crippen LogP contribution in [0.1, 0.15) is 23.8 Å². The van der Waals surface area contributed by atoms with Gasteiger partial charge in [0.05, 0.1) is 11.7 Å². The lowest BCUT2D eigenvalue weighted by atomic mass is 10.0. The zero-order valence-corrected chi connectivity index (χ0v) is 9.42. The number of nitriles is 1. The Bertz CT molecular complexity index is 554. The van der Waals surface area contributed by atoms with Crippen LogP contribution < -0.4 is 0 Å². The van der Waals surface area contributed by atoms with Crippen molar-refractivity contribution < 1.29 is 36.6 Å². The fourth-order valence-electron chi connectivity index (χ4n) is 1.36. The third kappa shape index (κ3) is 3.17. The van der Waals surface area contributed by atoms with Crippen LogP contribution in [0.5, 0.6) is 0 Å². The van der Waals surface area contributed by atoms with Crippen LogP contribution in [0.3, 0.4) is 0 Å². The van der Waals surface area contributed by atoms with Crippen molar-refractivity contribution in [3.05, 3.63) is 28.8 Å². The molecule has 0 aliphatic carbocycles. The highest BCUT2D eigenvalue weighted by atomic mass is 19.4. The first-order valence-electron chi connectivity index (χ1n) is 4.96. The standard InChI is InChI=1S/C10H6F6N2O2/c11-7-3(2-17)18-9(13)8(12)6(7)4(19)1-5(20)10(14,15)16/h4-5,19-20H,1H2. The third-order valence-electron chi connectivity index (χ3n) is 2.34. The molecule has 10 heteroatoms. The molecule has 2 atom stereocenters. The monoisotopic (exact) mass is 300 g/mol. The van der Waals surface area contributed by atoms with Gasteiger partial charge in [0.15, 0.2) is 23.4 Å². The molecule has 1 aromatic rings. The summed E-state index contributed by atoms with van der Waals surface area (Å²) in [6.07, 6.45) is -12.2. The van der Waals surface area contributed by atoms with Crippen LogP contribution in [0, 0.1) is 28.9 Å². The number of alkyl halides is 3. The van der Waals surface area contributed by atoms with Crippen molar-refractivity contribution >= 4 is 0 Å². The summed E-state index contributed by atoms with van der Waals surface area (Å²) in [5.74, 6) is -5.75. The highest BCUT2D eigenvalue weighted by Gasteiger charge is 2.40. The minimum absolute atomic E-state index is 1.05. The lowest BCUT2D eigenvalue weighted by molar-refractivity contribution is -0.211. The van der Waals surface area contributed by atoms with Gasteiger partial charge in [-0.3, -0.25) is 0 Å². The van der Waals surface area contributed by atoms with Gasteiger partial charge in [0, 0.05) is 6.42 Å². The van der Waals surface area contributed by atoms with Gasteiger partial charge in [-0.05, 0) is 0 Å². The van der Waals surface area contributed by atoms with E-state index in [0.717, 1.165) is 6.07 Å². The zero-order valence-electron chi connectivity index (χ0n) is 9.42. The molecule has 2 unspecified atom stereocenters. The second-order valence-corrected chi connectivity index (χ2v) is 3.71. The number of aliphatic hydroxyl groups excluding tert-OH is 2. The van der Waals surface area contributed by atoms with E-state index in [1.165, 1.54) is 0 Å². The number of aromatic nitrogens is 1. The highest BCUT2D eigenvalue weighted by molar-refractivity contribution is 5.31. The molecule has 0 amide bonds. The third-order valence-corrected chi connectivity index (χ3v) is 2.34. The van der Waals surface area contributed by atoms with E-state index in [2.05, 4.69) is 4.98 Å². The summed E-state index contributed by atoms with van der Waals surface area (Å²) in [5.41, 5.74) is -2.71. The van der Waals surface area contributed by atoms with E-state index in [4.69, 9.17) is 10.4 Å². The van der Waals surface area contributed by atoms with Gasteiger partial charge in [0.1, 0.15) is 6.07 Å². The minimum atomic E-state index is -5.13. The quantitative estimate of drug-likeness (QED) is 0.658. The molecular formula is C10H6F6N2O2. The molecule has 0 saturated heterocycles. The van der Waals surface area contributed by atoms with Gasteiger partial charge < -0.3 is 10.2 Å². The van der Waals surface area contributed by atoms with Crippen molar-refractivity contribution in [2.75, 3.05) is 0 Å². The van der Waals surface area contributed by atoms with E-state index < -0.39 is 53.6 Å². The Morgan fingerprint density at radius 2 is 1.70 bits per heavy atom. The summed E-state index contributed by atoms with van der Waals surface area (Å²) in [6.45, 7) is 0. The number of hydrogen-bond donors (Lipinski definition) is 2. The van der Waals surface area contributed by atoms with Crippen molar-refractivity contribution in [2.45, 2.75) is 24.8 Å². The maximum Gasteiger partial charge on any atom is 0.414 e. The summed E-state index contributed by atoms with van der Waals surface area (Å²) < 4.78 is 75.9. The summed E-state index contributed by atoms with van der Waals surface area (Å²) in [7, 11) is 0. The number of aliphatic hydroxyl groups is 2. The van der Waals surface area contributed by atoms with Gasteiger partial charge >= 0.3 is 6.18 Å². The molecule has 0 spiro atoms. The van der Waals surface area contributed by atoms with E-state index in [0.29, 0.717) is 0 Å². The first-order chi connectivity index (χ1) is 9.09. The van der Waals surface area contributed by atoms with E-state index in [1.54, 1.807) is 0 Å². The summed E-state index contributed by atoms with van der Waals surface area (Å²) in [6, 6.07) is 1.05. The average Bonchev–Trinajstić information content (AvgIpc) is 2.32. The molecule has 0 aliphatic rings. The van der Waals surface area contributed by atoms with E-state index >= 15 is 0 Å². The molecular weight excluding hydrogens is 294 g/mol. The molecule has 0 bridgehead atoms. The second kappa shape index (κ2) is 5.64. The van der Waals surface area contributed by atoms with Crippen molar-refractivity contribution in [1.29, 1.82) is 5.26 Å². The van der Waals surface area contributed by atoms with Crippen LogP contribution in [0.15, 0.2) is 0 Å². The summed E-state index contributed by atoms with van der Waals surface area (Å²) in [5, 5.41) is 26.4. The Labute approximate surface area is 107 Å².